The van der Waals surface area contributed by atoms with Crippen LogP contribution in [0.2, 0.25) is 0 Å². The highest BCUT2D eigenvalue weighted by Gasteiger charge is 2.16. The van der Waals surface area contributed by atoms with Crippen molar-refractivity contribution in [2.45, 2.75) is 64.8 Å². The lowest BCUT2D eigenvalue weighted by atomic mass is 9.96. The lowest BCUT2D eigenvalue weighted by molar-refractivity contribution is -0.124. The van der Waals surface area contributed by atoms with E-state index in [4.69, 9.17) is 0 Å². The van der Waals surface area contributed by atoms with Crippen LogP contribution in [0.4, 0.5) is 10.5 Å². The van der Waals surface area contributed by atoms with Crippen LogP contribution in [-0.2, 0) is 9.59 Å². The van der Waals surface area contributed by atoms with Crippen LogP contribution >= 0.6 is 0 Å². The number of hydrazine groups is 1. The maximum atomic E-state index is 12.0. The molecule has 1 aromatic rings. The second kappa shape index (κ2) is 9.79. The molecule has 0 aliphatic heterocycles. The van der Waals surface area contributed by atoms with Crippen molar-refractivity contribution in [2.24, 2.45) is 0 Å². The lowest BCUT2D eigenvalue weighted by Gasteiger charge is -2.22. The van der Waals surface area contributed by atoms with E-state index in [9.17, 15) is 14.4 Å². The van der Waals surface area contributed by atoms with Gasteiger partial charge in [-0.3, -0.25) is 15.0 Å². The minimum atomic E-state index is -0.412. The first-order valence-corrected chi connectivity index (χ1v) is 9.16. The van der Waals surface area contributed by atoms with Gasteiger partial charge in [-0.2, -0.15) is 0 Å². The third-order valence-corrected chi connectivity index (χ3v) is 4.50. The lowest BCUT2D eigenvalue weighted by Crippen LogP contribution is -2.50. The van der Waals surface area contributed by atoms with Crippen molar-refractivity contribution in [1.29, 1.82) is 0 Å². The first kappa shape index (κ1) is 19.8. The summed E-state index contributed by atoms with van der Waals surface area (Å²) in [6.07, 6.45) is 5.44. The van der Waals surface area contributed by atoms with Gasteiger partial charge in [-0.1, -0.05) is 31.4 Å². The summed E-state index contributed by atoms with van der Waals surface area (Å²) >= 11 is 0. The largest absolute Gasteiger partial charge is 0.334 e. The number of amides is 4. The van der Waals surface area contributed by atoms with Crippen molar-refractivity contribution in [1.82, 2.24) is 16.2 Å². The molecule has 1 fully saturated rings. The number of hydrogen-bond donors (Lipinski definition) is 4. The Morgan fingerprint density at radius 2 is 1.65 bits per heavy atom. The number of aryl methyl sites for hydroxylation is 2. The highest BCUT2D eigenvalue weighted by Crippen LogP contribution is 2.17. The monoisotopic (exact) mass is 360 g/mol. The van der Waals surface area contributed by atoms with Crippen molar-refractivity contribution in [2.75, 3.05) is 5.32 Å². The van der Waals surface area contributed by atoms with Crippen molar-refractivity contribution in [3.8, 4) is 0 Å². The first-order valence-electron chi connectivity index (χ1n) is 9.16. The second-order valence-corrected chi connectivity index (χ2v) is 6.85. The van der Waals surface area contributed by atoms with E-state index in [1.165, 1.54) is 6.42 Å². The molecule has 0 unspecified atom stereocenters. The number of rotatable bonds is 5. The normalized spacial score (nSPS) is 14.4. The van der Waals surface area contributed by atoms with E-state index >= 15 is 0 Å². The molecular weight excluding hydrogens is 332 g/mol. The van der Waals surface area contributed by atoms with Crippen LogP contribution < -0.4 is 21.5 Å². The van der Waals surface area contributed by atoms with Crippen LogP contribution in [0, 0.1) is 13.8 Å². The van der Waals surface area contributed by atoms with Crippen molar-refractivity contribution in [3.63, 3.8) is 0 Å². The quantitative estimate of drug-likeness (QED) is 0.608. The summed E-state index contributed by atoms with van der Waals surface area (Å²) in [5.74, 6) is -0.639. The van der Waals surface area contributed by atoms with Crippen LogP contribution in [0.15, 0.2) is 18.2 Å². The van der Waals surface area contributed by atoms with E-state index in [-0.39, 0.29) is 24.8 Å². The van der Waals surface area contributed by atoms with E-state index in [2.05, 4.69) is 21.5 Å². The van der Waals surface area contributed by atoms with Gasteiger partial charge in [0.05, 0.1) is 0 Å². The van der Waals surface area contributed by atoms with Gasteiger partial charge in [-0.15, -0.1) is 0 Å². The van der Waals surface area contributed by atoms with E-state index < -0.39 is 11.9 Å². The molecule has 7 nitrogen and oxygen atoms in total. The Balaban J connectivity index is 1.65. The highest BCUT2D eigenvalue weighted by molar-refractivity contribution is 5.94. The fourth-order valence-electron chi connectivity index (χ4n) is 2.97. The highest BCUT2D eigenvalue weighted by atomic mass is 16.2. The van der Waals surface area contributed by atoms with Gasteiger partial charge in [0.25, 0.3) is 0 Å². The molecule has 0 heterocycles. The standard InChI is InChI=1S/C19H28N4O3/c1-13-8-9-14(2)16(12-13)21-17(24)10-11-18(25)22-23-19(26)20-15-6-4-3-5-7-15/h8-9,12,15H,3-7,10-11H2,1-2H3,(H,21,24)(H,22,25)(H2,20,23,26). The SMILES string of the molecule is Cc1ccc(C)c(NC(=O)CCC(=O)NNC(=O)NC2CCCCC2)c1. The number of anilines is 1. The molecule has 4 amide bonds. The summed E-state index contributed by atoms with van der Waals surface area (Å²) < 4.78 is 0. The minimum Gasteiger partial charge on any atom is -0.334 e. The topological polar surface area (TPSA) is 99.3 Å². The van der Waals surface area contributed by atoms with Crippen molar-refractivity contribution >= 4 is 23.5 Å². The molecule has 1 aromatic carbocycles. The fourth-order valence-corrected chi connectivity index (χ4v) is 2.97. The van der Waals surface area contributed by atoms with Gasteiger partial charge in [-0.25, -0.2) is 10.2 Å². The smallest absolute Gasteiger partial charge is 0.333 e. The Labute approximate surface area is 154 Å². The van der Waals surface area contributed by atoms with Gasteiger partial charge < -0.3 is 10.6 Å². The van der Waals surface area contributed by atoms with Crippen LogP contribution in [0.5, 0.6) is 0 Å². The van der Waals surface area contributed by atoms with Gasteiger partial charge in [-0.05, 0) is 43.9 Å². The van der Waals surface area contributed by atoms with Crippen LogP contribution in [0.25, 0.3) is 0 Å². The Morgan fingerprint density at radius 1 is 0.962 bits per heavy atom. The molecule has 7 heteroatoms. The summed E-state index contributed by atoms with van der Waals surface area (Å²) in [5.41, 5.74) is 7.44. The molecule has 0 bridgehead atoms. The van der Waals surface area contributed by atoms with Crippen molar-refractivity contribution in [3.05, 3.63) is 29.3 Å². The number of carbonyl (C=O) groups excluding carboxylic acids is 3. The van der Waals surface area contributed by atoms with Gasteiger partial charge in [0, 0.05) is 24.6 Å². The molecule has 142 valence electrons. The zero-order chi connectivity index (χ0) is 18.9. The minimum absolute atomic E-state index is 0.000402. The van der Waals surface area contributed by atoms with E-state index in [1.54, 1.807) is 0 Å². The van der Waals surface area contributed by atoms with Crippen molar-refractivity contribution < 1.29 is 14.4 Å². The first-order chi connectivity index (χ1) is 12.4. The van der Waals surface area contributed by atoms with E-state index in [1.807, 2.05) is 32.0 Å². The predicted octanol–water partition coefficient (Wildman–Crippen LogP) is 2.69. The molecule has 26 heavy (non-hydrogen) atoms. The predicted molar refractivity (Wildman–Crippen MR) is 100 cm³/mol. The van der Waals surface area contributed by atoms with Crippen LogP contribution in [0.1, 0.15) is 56.1 Å². The number of nitrogens with one attached hydrogen (secondary N) is 4. The Morgan fingerprint density at radius 3 is 2.38 bits per heavy atom. The number of benzene rings is 1. The molecule has 1 aliphatic carbocycles. The van der Waals surface area contributed by atoms with Crippen LogP contribution in [-0.4, -0.2) is 23.9 Å². The van der Waals surface area contributed by atoms with Crippen LogP contribution in [0.3, 0.4) is 0 Å². The number of hydrogen-bond acceptors (Lipinski definition) is 3. The molecule has 0 saturated heterocycles. The maximum Gasteiger partial charge on any atom is 0.333 e. The third-order valence-electron chi connectivity index (χ3n) is 4.50. The van der Waals surface area contributed by atoms with E-state index in [0.29, 0.717) is 0 Å². The summed E-state index contributed by atoms with van der Waals surface area (Å²) in [4.78, 5) is 35.5. The maximum absolute atomic E-state index is 12.0. The molecule has 0 spiro atoms. The van der Waals surface area contributed by atoms with Gasteiger partial charge in [0.1, 0.15) is 0 Å². The summed E-state index contributed by atoms with van der Waals surface area (Å²) in [7, 11) is 0. The average Bonchev–Trinajstić information content (AvgIpc) is 2.62. The summed E-state index contributed by atoms with van der Waals surface area (Å²) in [6.45, 7) is 3.86. The van der Waals surface area contributed by atoms with Gasteiger partial charge in [0.15, 0.2) is 0 Å². The average molecular weight is 360 g/mol. The zero-order valence-corrected chi connectivity index (χ0v) is 15.5. The fraction of sp³-hybridized carbons (Fsp3) is 0.526. The molecule has 2 rings (SSSR count). The Hall–Kier alpha value is -2.57. The second-order valence-electron chi connectivity index (χ2n) is 6.85. The summed E-state index contributed by atoms with van der Waals surface area (Å²) in [6, 6.07) is 5.56. The Bertz CT molecular complexity index is 654. The number of carbonyl (C=O) groups is 3. The third kappa shape index (κ3) is 6.74. The molecule has 4 N–H and O–H groups in total. The van der Waals surface area contributed by atoms with Gasteiger partial charge in [0.2, 0.25) is 11.8 Å². The number of urea groups is 1. The molecule has 0 aromatic heterocycles. The molecule has 0 radical (unpaired) electrons. The molecule has 1 saturated carbocycles. The molecule has 1 aliphatic rings. The van der Waals surface area contributed by atoms with Gasteiger partial charge >= 0.3 is 6.03 Å². The van der Waals surface area contributed by atoms with E-state index in [0.717, 1.165) is 42.5 Å². The molecule has 0 atom stereocenters. The zero-order valence-electron chi connectivity index (χ0n) is 15.5. The Kier molecular flexibility index (Phi) is 7.44. The molecular formula is C19H28N4O3. The summed E-state index contributed by atoms with van der Waals surface area (Å²) in [5, 5.41) is 5.65.